The van der Waals surface area contributed by atoms with Gasteiger partial charge < -0.3 is 9.80 Å². The first kappa shape index (κ1) is 27.0. The highest BCUT2D eigenvalue weighted by Crippen LogP contribution is 2.38. The van der Waals surface area contributed by atoms with Gasteiger partial charge in [-0.1, -0.05) is 71.9 Å². The highest BCUT2D eigenvalue weighted by molar-refractivity contribution is 6.12. The van der Waals surface area contributed by atoms with Crippen LogP contribution in [-0.2, 0) is 6.42 Å². The Morgan fingerprint density at radius 1 is 0.773 bits per heavy atom. The van der Waals surface area contributed by atoms with E-state index in [0.29, 0.717) is 34.1 Å². The van der Waals surface area contributed by atoms with Crippen LogP contribution < -0.4 is 9.80 Å². The number of aromatic amines is 1. The molecule has 7 rings (SSSR count). The molecule has 2 aliphatic rings. The predicted octanol–water partition coefficient (Wildman–Crippen LogP) is 5.51. The van der Waals surface area contributed by atoms with Crippen LogP contribution in [0, 0.1) is 0 Å². The summed E-state index contributed by atoms with van der Waals surface area (Å²) in [5.41, 5.74) is 3.85. The molecule has 11 heteroatoms. The van der Waals surface area contributed by atoms with E-state index in [0.717, 1.165) is 5.56 Å². The Morgan fingerprint density at radius 3 is 2.09 bits per heavy atom. The maximum atomic E-state index is 14.5. The summed E-state index contributed by atoms with van der Waals surface area (Å²) in [6.07, 6.45) is 0.194. The summed E-state index contributed by atoms with van der Waals surface area (Å²) in [5.74, 6) is 0.245. The van der Waals surface area contributed by atoms with Crippen LogP contribution in [0.3, 0.4) is 0 Å². The van der Waals surface area contributed by atoms with E-state index in [9.17, 15) is 14.4 Å². The number of Topliss-reactive ketones (excluding diaryl/α,β-unsaturated/α-hetero) is 1. The number of benzene rings is 4. The summed E-state index contributed by atoms with van der Waals surface area (Å²) in [7, 11) is 0. The van der Waals surface area contributed by atoms with E-state index in [1.807, 2.05) is 91.0 Å². The second-order valence-corrected chi connectivity index (χ2v) is 10.6. The minimum absolute atomic E-state index is 0.0506. The smallest absolute Gasteiger partial charge is 0.320 e. The third kappa shape index (κ3) is 4.83. The SMILES string of the molecule is O=C1Cc2ccccc2N(C(=O)N2CCN(C(=O)N(c3ccccc3)c3ccccc3)[C@H](c3nn[nH]n3)C2)c2ccccc21. The summed E-state index contributed by atoms with van der Waals surface area (Å²) in [6, 6.07) is 32.2. The molecule has 1 aromatic heterocycles. The average Bonchev–Trinajstić information content (AvgIpc) is 3.58. The van der Waals surface area contributed by atoms with Crippen molar-refractivity contribution in [3.05, 3.63) is 126 Å². The van der Waals surface area contributed by atoms with Crippen LogP contribution in [0.2, 0.25) is 0 Å². The number of nitrogens with one attached hydrogen (secondary N) is 1. The van der Waals surface area contributed by atoms with Crippen LogP contribution in [0.5, 0.6) is 0 Å². The fourth-order valence-corrected chi connectivity index (χ4v) is 5.90. The molecule has 0 saturated carbocycles. The Morgan fingerprint density at radius 2 is 1.41 bits per heavy atom. The lowest BCUT2D eigenvalue weighted by molar-refractivity contribution is 0.0994. The number of anilines is 4. The number of piperazine rings is 1. The van der Waals surface area contributed by atoms with Gasteiger partial charge in [0, 0.05) is 25.1 Å². The van der Waals surface area contributed by atoms with Gasteiger partial charge >= 0.3 is 12.1 Å². The van der Waals surface area contributed by atoms with Crippen molar-refractivity contribution in [2.75, 3.05) is 29.4 Å². The van der Waals surface area contributed by atoms with Crippen LogP contribution in [0.4, 0.5) is 32.3 Å². The van der Waals surface area contributed by atoms with Gasteiger partial charge in [0.25, 0.3) is 0 Å². The zero-order valence-corrected chi connectivity index (χ0v) is 23.7. The fraction of sp³-hybridized carbons (Fsp3) is 0.152. The van der Waals surface area contributed by atoms with Gasteiger partial charge in [0.15, 0.2) is 11.6 Å². The number of tetrazole rings is 1. The van der Waals surface area contributed by atoms with Crippen LogP contribution in [0.15, 0.2) is 109 Å². The quantitative estimate of drug-likeness (QED) is 0.299. The number of fused-ring (bicyclic) bond motifs is 2. The molecule has 44 heavy (non-hydrogen) atoms. The number of carbonyl (C=O) groups is 3. The second-order valence-electron chi connectivity index (χ2n) is 10.6. The molecule has 0 bridgehead atoms. The van der Waals surface area contributed by atoms with Crippen LogP contribution in [0.25, 0.3) is 0 Å². The molecule has 2 aliphatic heterocycles. The number of hydrogen-bond donors (Lipinski definition) is 1. The molecular weight excluding hydrogens is 556 g/mol. The molecule has 5 aromatic rings. The number of para-hydroxylation sites is 4. The summed E-state index contributed by atoms with van der Waals surface area (Å²) < 4.78 is 0. The Labute approximate surface area is 253 Å². The Balaban J connectivity index is 1.25. The number of carbonyl (C=O) groups excluding carboxylic acids is 3. The zero-order valence-electron chi connectivity index (χ0n) is 23.7. The van der Waals surface area contributed by atoms with Crippen LogP contribution in [-0.4, -0.2) is 67.9 Å². The van der Waals surface area contributed by atoms with Crippen molar-refractivity contribution in [2.45, 2.75) is 12.5 Å². The van der Waals surface area contributed by atoms with E-state index in [4.69, 9.17) is 0 Å². The number of nitrogens with zero attached hydrogens (tertiary/aromatic N) is 7. The maximum absolute atomic E-state index is 14.5. The summed E-state index contributed by atoms with van der Waals surface area (Å²) >= 11 is 0. The molecule has 0 aliphatic carbocycles. The highest BCUT2D eigenvalue weighted by atomic mass is 16.2. The second kappa shape index (κ2) is 11.4. The van der Waals surface area contributed by atoms with Gasteiger partial charge in [-0.15, -0.1) is 10.2 Å². The van der Waals surface area contributed by atoms with Crippen molar-refractivity contribution in [3.63, 3.8) is 0 Å². The third-order valence-electron chi connectivity index (χ3n) is 8.00. The monoisotopic (exact) mass is 584 g/mol. The lowest BCUT2D eigenvalue weighted by Gasteiger charge is -2.43. The van der Waals surface area contributed by atoms with Crippen LogP contribution >= 0.6 is 0 Å². The molecule has 4 aromatic carbocycles. The van der Waals surface area contributed by atoms with Crippen LogP contribution in [0.1, 0.15) is 27.8 Å². The normalized spacial score (nSPS) is 16.1. The van der Waals surface area contributed by atoms with Gasteiger partial charge in [0.2, 0.25) is 0 Å². The van der Waals surface area contributed by atoms with E-state index in [1.54, 1.807) is 37.8 Å². The summed E-state index contributed by atoms with van der Waals surface area (Å²) in [4.78, 5) is 48.7. The number of amides is 4. The Kier molecular flexibility index (Phi) is 7.03. The van der Waals surface area contributed by atoms with Crippen molar-refractivity contribution in [3.8, 4) is 0 Å². The minimum Gasteiger partial charge on any atom is -0.320 e. The number of rotatable bonds is 3. The minimum atomic E-state index is -0.687. The first-order valence-corrected chi connectivity index (χ1v) is 14.3. The molecule has 4 amide bonds. The molecule has 218 valence electrons. The largest absolute Gasteiger partial charge is 0.329 e. The maximum Gasteiger partial charge on any atom is 0.329 e. The fourth-order valence-electron chi connectivity index (χ4n) is 5.90. The number of urea groups is 2. The molecule has 11 nitrogen and oxygen atoms in total. The number of ketones is 1. The standard InChI is InChI=1S/C33H28N8O3/c42-30-21-23-11-7-9-17-27(23)41(28-18-10-8-16-26(28)30)32(43)38-19-20-39(29(22-38)31-34-36-37-35-31)33(44)40(24-12-3-1-4-13-24)25-14-5-2-6-15-25/h1-18,29H,19-22H2,(H,34,35,36,37)/t29-/m0/s1. The van der Waals surface area contributed by atoms with Crippen molar-refractivity contribution < 1.29 is 14.4 Å². The van der Waals surface area contributed by atoms with E-state index in [2.05, 4.69) is 20.6 Å². The van der Waals surface area contributed by atoms with Gasteiger partial charge in [0.1, 0.15) is 6.04 Å². The third-order valence-corrected chi connectivity index (χ3v) is 8.00. The summed E-state index contributed by atoms with van der Waals surface area (Å²) in [5, 5.41) is 14.7. The molecule has 3 heterocycles. The molecule has 0 unspecified atom stereocenters. The van der Waals surface area contributed by atoms with Gasteiger partial charge in [-0.3, -0.25) is 14.6 Å². The lowest BCUT2D eigenvalue weighted by Crippen LogP contribution is -2.57. The molecule has 0 radical (unpaired) electrons. The van der Waals surface area contributed by atoms with E-state index in [1.165, 1.54) is 0 Å². The molecule has 1 saturated heterocycles. The van der Waals surface area contributed by atoms with Gasteiger partial charge in [-0.25, -0.2) is 9.59 Å². The number of hydrogen-bond acceptors (Lipinski definition) is 6. The van der Waals surface area contributed by atoms with E-state index < -0.39 is 6.04 Å². The van der Waals surface area contributed by atoms with E-state index in [-0.39, 0.29) is 43.9 Å². The Bertz CT molecular complexity index is 1770. The van der Waals surface area contributed by atoms with Gasteiger partial charge in [0.05, 0.1) is 29.3 Å². The lowest BCUT2D eigenvalue weighted by atomic mass is 10.0. The first-order chi connectivity index (χ1) is 21.6. The molecule has 1 fully saturated rings. The number of H-pyrrole nitrogens is 1. The molecule has 1 N–H and O–H groups in total. The Hall–Kier alpha value is -5.84. The van der Waals surface area contributed by atoms with Gasteiger partial charge in [-0.05, 0) is 48.0 Å². The van der Waals surface area contributed by atoms with Crippen molar-refractivity contribution in [1.82, 2.24) is 30.4 Å². The molecule has 1 atom stereocenters. The van der Waals surface area contributed by atoms with Crippen molar-refractivity contribution >= 4 is 40.6 Å². The zero-order chi connectivity index (χ0) is 30.0. The predicted molar refractivity (Wildman–Crippen MR) is 164 cm³/mol. The van der Waals surface area contributed by atoms with Crippen molar-refractivity contribution in [2.24, 2.45) is 0 Å². The highest BCUT2D eigenvalue weighted by Gasteiger charge is 2.41. The van der Waals surface area contributed by atoms with E-state index >= 15 is 0 Å². The topological polar surface area (TPSA) is 119 Å². The van der Waals surface area contributed by atoms with Crippen molar-refractivity contribution in [1.29, 1.82) is 0 Å². The number of aromatic nitrogens is 4. The van der Waals surface area contributed by atoms with Gasteiger partial charge in [-0.2, -0.15) is 5.21 Å². The average molecular weight is 585 g/mol. The molecular formula is C33H28N8O3. The first-order valence-electron chi connectivity index (χ1n) is 14.3. The molecule has 0 spiro atoms. The summed E-state index contributed by atoms with van der Waals surface area (Å²) in [6.45, 7) is 0.595.